The molecular weight excluding hydrogens is 306 g/mol. The summed E-state index contributed by atoms with van der Waals surface area (Å²) in [5.74, 6) is 0.899. The number of nitrogens with zero attached hydrogens (tertiary/aromatic N) is 1. The number of ether oxygens (including phenoxy) is 2. The molecule has 0 bridgehead atoms. The highest BCUT2D eigenvalue weighted by Gasteiger charge is 2.13. The number of nitriles is 1. The summed E-state index contributed by atoms with van der Waals surface area (Å²) in [4.78, 5) is 12.0. The SMILES string of the molecule is CCC(C)NC(=O)/C(C#N)=C\NC(C)c1ccc(OC)c(OC)c1. The van der Waals surface area contributed by atoms with E-state index >= 15 is 0 Å². The van der Waals surface area contributed by atoms with Gasteiger partial charge in [-0.25, -0.2) is 0 Å². The van der Waals surface area contributed by atoms with Crippen molar-refractivity contribution in [2.24, 2.45) is 0 Å². The Hall–Kier alpha value is -2.68. The van der Waals surface area contributed by atoms with Crippen molar-refractivity contribution in [3.8, 4) is 17.6 Å². The molecule has 0 aliphatic rings. The molecular formula is C18H25N3O3. The van der Waals surface area contributed by atoms with Crippen molar-refractivity contribution in [2.75, 3.05) is 14.2 Å². The van der Waals surface area contributed by atoms with E-state index in [1.54, 1.807) is 14.2 Å². The smallest absolute Gasteiger partial charge is 0.263 e. The van der Waals surface area contributed by atoms with Gasteiger partial charge in [0.2, 0.25) is 0 Å². The van der Waals surface area contributed by atoms with E-state index in [1.807, 2.05) is 45.0 Å². The highest BCUT2D eigenvalue weighted by Crippen LogP contribution is 2.29. The standard InChI is InChI=1S/C18H25N3O3/c1-6-12(2)21-18(22)15(10-19)11-20-13(3)14-7-8-16(23-4)17(9-14)24-5/h7-9,11-13,20H,6H2,1-5H3,(H,21,22)/b15-11-. The van der Waals surface area contributed by atoms with E-state index in [1.165, 1.54) is 6.20 Å². The summed E-state index contributed by atoms with van der Waals surface area (Å²) in [6, 6.07) is 7.41. The van der Waals surface area contributed by atoms with E-state index < -0.39 is 0 Å². The van der Waals surface area contributed by atoms with Crippen LogP contribution in [0.4, 0.5) is 0 Å². The van der Waals surface area contributed by atoms with Crippen molar-refractivity contribution in [1.82, 2.24) is 10.6 Å². The van der Waals surface area contributed by atoms with Gasteiger partial charge in [0.1, 0.15) is 11.6 Å². The number of amides is 1. The second-order valence-corrected chi connectivity index (χ2v) is 5.46. The van der Waals surface area contributed by atoms with Crippen molar-refractivity contribution in [3.05, 3.63) is 35.5 Å². The molecule has 0 aromatic heterocycles. The first-order valence-electron chi connectivity index (χ1n) is 7.85. The van der Waals surface area contributed by atoms with Crippen LogP contribution in [0.15, 0.2) is 30.0 Å². The van der Waals surface area contributed by atoms with Crippen molar-refractivity contribution >= 4 is 5.91 Å². The van der Waals surface area contributed by atoms with Crippen molar-refractivity contribution in [3.63, 3.8) is 0 Å². The molecule has 0 saturated heterocycles. The van der Waals surface area contributed by atoms with Crippen LogP contribution in [0.25, 0.3) is 0 Å². The first-order chi connectivity index (χ1) is 11.5. The Kier molecular flexibility index (Phi) is 7.63. The van der Waals surface area contributed by atoms with Crippen molar-refractivity contribution in [2.45, 2.75) is 39.3 Å². The average molecular weight is 331 g/mol. The fourth-order valence-corrected chi connectivity index (χ4v) is 1.98. The molecule has 1 amide bonds. The lowest BCUT2D eigenvalue weighted by atomic mass is 10.1. The molecule has 0 aliphatic carbocycles. The van der Waals surface area contributed by atoms with Crippen molar-refractivity contribution in [1.29, 1.82) is 5.26 Å². The molecule has 0 spiro atoms. The topological polar surface area (TPSA) is 83.4 Å². The Morgan fingerprint density at radius 3 is 2.50 bits per heavy atom. The predicted molar refractivity (Wildman–Crippen MR) is 92.7 cm³/mol. The van der Waals surface area contributed by atoms with Gasteiger partial charge in [0, 0.05) is 18.3 Å². The van der Waals surface area contributed by atoms with Gasteiger partial charge in [0.15, 0.2) is 11.5 Å². The largest absolute Gasteiger partial charge is 0.493 e. The van der Waals surface area contributed by atoms with Crippen LogP contribution in [-0.4, -0.2) is 26.2 Å². The Bertz CT molecular complexity index is 635. The zero-order chi connectivity index (χ0) is 18.1. The van der Waals surface area contributed by atoms with Gasteiger partial charge >= 0.3 is 0 Å². The van der Waals surface area contributed by atoms with E-state index in [4.69, 9.17) is 14.7 Å². The summed E-state index contributed by atoms with van der Waals surface area (Å²) >= 11 is 0. The van der Waals surface area contributed by atoms with E-state index in [-0.39, 0.29) is 23.6 Å². The minimum absolute atomic E-state index is 0.0255. The molecule has 6 nitrogen and oxygen atoms in total. The van der Waals surface area contributed by atoms with Crippen molar-refractivity contribution < 1.29 is 14.3 Å². The maximum atomic E-state index is 12.0. The Morgan fingerprint density at radius 1 is 1.29 bits per heavy atom. The van der Waals surface area contributed by atoms with Crippen LogP contribution in [0.5, 0.6) is 11.5 Å². The summed E-state index contributed by atoms with van der Waals surface area (Å²) in [5.41, 5.74) is 0.992. The van der Waals surface area contributed by atoms with Gasteiger partial charge in [-0.05, 0) is 38.0 Å². The molecule has 1 aromatic carbocycles. The lowest BCUT2D eigenvalue weighted by Gasteiger charge is -2.16. The van der Waals surface area contributed by atoms with Crippen LogP contribution in [0.2, 0.25) is 0 Å². The van der Waals surface area contributed by atoms with Gasteiger partial charge in [-0.3, -0.25) is 4.79 Å². The molecule has 0 aliphatic heterocycles. The zero-order valence-corrected chi connectivity index (χ0v) is 14.8. The molecule has 24 heavy (non-hydrogen) atoms. The summed E-state index contributed by atoms with van der Waals surface area (Å²) in [5, 5.41) is 15.0. The minimum Gasteiger partial charge on any atom is -0.493 e. The normalized spacial score (nSPS) is 13.4. The first-order valence-corrected chi connectivity index (χ1v) is 7.85. The number of carbonyl (C=O) groups excluding carboxylic acids is 1. The van der Waals surface area contributed by atoms with Gasteiger partial charge < -0.3 is 20.1 Å². The van der Waals surface area contributed by atoms with E-state index in [9.17, 15) is 4.79 Å². The summed E-state index contributed by atoms with van der Waals surface area (Å²) in [6.45, 7) is 5.80. The van der Waals surface area contributed by atoms with Crippen LogP contribution in [0, 0.1) is 11.3 Å². The highest BCUT2D eigenvalue weighted by molar-refractivity contribution is 5.97. The maximum absolute atomic E-state index is 12.0. The quantitative estimate of drug-likeness (QED) is 0.565. The van der Waals surface area contributed by atoms with Gasteiger partial charge in [-0.15, -0.1) is 0 Å². The lowest BCUT2D eigenvalue weighted by molar-refractivity contribution is -0.117. The van der Waals surface area contributed by atoms with Crippen LogP contribution in [0.1, 0.15) is 38.8 Å². The van der Waals surface area contributed by atoms with E-state index in [0.29, 0.717) is 11.5 Å². The minimum atomic E-state index is -0.376. The fraction of sp³-hybridized carbons (Fsp3) is 0.444. The third kappa shape index (κ3) is 5.20. The van der Waals surface area contributed by atoms with E-state index in [2.05, 4.69) is 10.6 Å². The third-order valence-electron chi connectivity index (χ3n) is 3.74. The first kappa shape index (κ1) is 19.4. The molecule has 0 fully saturated rings. The molecule has 6 heteroatoms. The van der Waals surface area contributed by atoms with Crippen LogP contribution < -0.4 is 20.1 Å². The van der Waals surface area contributed by atoms with Gasteiger partial charge in [0.25, 0.3) is 5.91 Å². The molecule has 0 saturated carbocycles. The Balaban J connectivity index is 2.84. The van der Waals surface area contributed by atoms with Crippen LogP contribution in [-0.2, 0) is 4.79 Å². The number of rotatable bonds is 8. The number of hydrogen-bond acceptors (Lipinski definition) is 5. The lowest BCUT2D eigenvalue weighted by Crippen LogP contribution is -2.33. The maximum Gasteiger partial charge on any atom is 0.263 e. The third-order valence-corrected chi connectivity index (χ3v) is 3.74. The van der Waals surface area contributed by atoms with Crippen LogP contribution >= 0.6 is 0 Å². The summed E-state index contributed by atoms with van der Waals surface area (Å²) < 4.78 is 10.5. The van der Waals surface area contributed by atoms with Gasteiger partial charge in [-0.1, -0.05) is 13.0 Å². The zero-order valence-electron chi connectivity index (χ0n) is 14.8. The second kappa shape index (κ2) is 9.46. The predicted octanol–water partition coefficient (Wildman–Crippen LogP) is 2.68. The molecule has 1 aromatic rings. The number of benzene rings is 1. The summed E-state index contributed by atoms with van der Waals surface area (Å²) in [6.07, 6.45) is 2.25. The molecule has 130 valence electrons. The number of carbonyl (C=O) groups is 1. The van der Waals surface area contributed by atoms with Gasteiger partial charge in [-0.2, -0.15) is 5.26 Å². The van der Waals surface area contributed by atoms with Crippen LogP contribution in [0.3, 0.4) is 0 Å². The van der Waals surface area contributed by atoms with E-state index in [0.717, 1.165) is 12.0 Å². The molecule has 2 N–H and O–H groups in total. The monoisotopic (exact) mass is 331 g/mol. The second-order valence-electron chi connectivity index (χ2n) is 5.46. The Labute approximate surface area is 143 Å². The molecule has 0 heterocycles. The molecule has 1 rings (SSSR count). The molecule has 0 radical (unpaired) electrons. The summed E-state index contributed by atoms with van der Waals surface area (Å²) in [7, 11) is 3.16. The molecule has 2 unspecified atom stereocenters. The number of nitrogens with one attached hydrogen (secondary N) is 2. The fourth-order valence-electron chi connectivity index (χ4n) is 1.98. The van der Waals surface area contributed by atoms with Gasteiger partial charge in [0.05, 0.1) is 14.2 Å². The highest BCUT2D eigenvalue weighted by atomic mass is 16.5. The Morgan fingerprint density at radius 2 is 1.96 bits per heavy atom. The number of hydrogen-bond donors (Lipinski definition) is 2. The average Bonchev–Trinajstić information content (AvgIpc) is 2.61. The number of methoxy groups -OCH3 is 2. The molecule has 2 atom stereocenters.